The van der Waals surface area contributed by atoms with Crippen molar-refractivity contribution in [3.8, 4) is 0 Å². The van der Waals surface area contributed by atoms with Crippen molar-refractivity contribution in [2.75, 3.05) is 26.3 Å². The highest BCUT2D eigenvalue weighted by molar-refractivity contribution is 5.92. The first-order valence-corrected chi connectivity index (χ1v) is 7.80. The third-order valence-electron chi connectivity index (χ3n) is 4.23. The van der Waals surface area contributed by atoms with E-state index in [1.807, 2.05) is 0 Å². The van der Waals surface area contributed by atoms with Crippen molar-refractivity contribution in [3.05, 3.63) is 53.6 Å². The van der Waals surface area contributed by atoms with Crippen LogP contribution in [-0.4, -0.2) is 57.6 Å². The van der Waals surface area contributed by atoms with Crippen LogP contribution in [0.2, 0.25) is 0 Å². The van der Waals surface area contributed by atoms with Crippen molar-refractivity contribution < 1.29 is 19.0 Å². The van der Waals surface area contributed by atoms with E-state index in [9.17, 15) is 14.3 Å². The lowest BCUT2D eigenvalue weighted by atomic mass is 9.92. The molecule has 1 fully saturated rings. The number of aliphatic hydroxyl groups excluding tert-OH is 1. The number of amides is 1. The summed E-state index contributed by atoms with van der Waals surface area (Å²) in [4.78, 5) is 14.2. The Balaban J connectivity index is 1.79. The van der Waals surface area contributed by atoms with E-state index in [-0.39, 0.29) is 37.9 Å². The average Bonchev–Trinajstić information content (AvgIpc) is 3.03. The number of rotatable bonds is 4. The Labute approximate surface area is 139 Å². The fraction of sp³-hybridized carbons (Fsp3) is 0.412. The Hall–Kier alpha value is -2.25. The van der Waals surface area contributed by atoms with Gasteiger partial charge in [0.1, 0.15) is 17.1 Å². The molecule has 1 aliphatic heterocycles. The third kappa shape index (κ3) is 3.32. The molecule has 2 aromatic rings. The molecule has 24 heavy (non-hydrogen) atoms. The molecule has 1 N–H and O–H groups in total. The molecule has 0 bridgehead atoms. The number of carbonyl (C=O) groups is 1. The van der Waals surface area contributed by atoms with E-state index < -0.39 is 5.60 Å². The Morgan fingerprint density at radius 2 is 2.21 bits per heavy atom. The Morgan fingerprint density at radius 3 is 2.88 bits per heavy atom. The van der Waals surface area contributed by atoms with E-state index in [0.717, 1.165) is 0 Å². The summed E-state index contributed by atoms with van der Waals surface area (Å²) in [6.45, 7) is 0.586. The summed E-state index contributed by atoms with van der Waals surface area (Å²) in [5, 5.41) is 14.0. The Bertz CT molecular complexity index is 733. The van der Waals surface area contributed by atoms with Crippen LogP contribution < -0.4 is 0 Å². The zero-order chi connectivity index (χ0) is 17.2. The number of ether oxygens (including phenoxy) is 1. The van der Waals surface area contributed by atoms with Crippen molar-refractivity contribution in [3.63, 3.8) is 0 Å². The number of aliphatic hydroxyl groups is 1. The minimum absolute atomic E-state index is 0.188. The molecular formula is C17H20FN3O3. The van der Waals surface area contributed by atoms with Gasteiger partial charge in [-0.05, 0) is 17.7 Å². The van der Waals surface area contributed by atoms with Gasteiger partial charge in [-0.15, -0.1) is 0 Å². The second kappa shape index (κ2) is 6.70. The molecule has 0 spiro atoms. The molecule has 7 heteroatoms. The number of carbonyl (C=O) groups excluding carboxylic acids is 1. The van der Waals surface area contributed by atoms with Gasteiger partial charge in [0.15, 0.2) is 0 Å². The maximum Gasteiger partial charge on any atom is 0.274 e. The largest absolute Gasteiger partial charge is 0.393 e. The van der Waals surface area contributed by atoms with Crippen molar-refractivity contribution in [1.29, 1.82) is 0 Å². The van der Waals surface area contributed by atoms with Gasteiger partial charge in [0.05, 0.1) is 19.8 Å². The van der Waals surface area contributed by atoms with Gasteiger partial charge in [0, 0.05) is 26.2 Å². The first kappa shape index (κ1) is 16.6. The molecule has 6 nitrogen and oxygen atoms in total. The van der Waals surface area contributed by atoms with Crippen LogP contribution in [0.1, 0.15) is 16.1 Å². The predicted molar refractivity (Wildman–Crippen MR) is 85.0 cm³/mol. The van der Waals surface area contributed by atoms with Crippen LogP contribution in [0.15, 0.2) is 36.5 Å². The monoisotopic (exact) mass is 333 g/mol. The van der Waals surface area contributed by atoms with Crippen LogP contribution in [0.25, 0.3) is 0 Å². The Kier molecular flexibility index (Phi) is 4.64. The zero-order valence-corrected chi connectivity index (χ0v) is 13.5. The molecule has 128 valence electrons. The fourth-order valence-electron chi connectivity index (χ4n) is 2.96. The fourth-order valence-corrected chi connectivity index (χ4v) is 2.96. The first-order chi connectivity index (χ1) is 11.5. The van der Waals surface area contributed by atoms with Crippen LogP contribution in [0.5, 0.6) is 0 Å². The summed E-state index contributed by atoms with van der Waals surface area (Å²) >= 11 is 0. The molecule has 1 aliphatic rings. The van der Waals surface area contributed by atoms with Gasteiger partial charge in [-0.1, -0.05) is 18.2 Å². The molecule has 1 aromatic carbocycles. The minimum Gasteiger partial charge on any atom is -0.393 e. The number of nitrogens with zero attached hydrogens (tertiary/aromatic N) is 3. The first-order valence-electron chi connectivity index (χ1n) is 7.80. The molecule has 0 saturated carbocycles. The Morgan fingerprint density at radius 1 is 1.42 bits per heavy atom. The summed E-state index contributed by atoms with van der Waals surface area (Å²) < 4.78 is 21.3. The smallest absolute Gasteiger partial charge is 0.274 e. The van der Waals surface area contributed by atoms with Gasteiger partial charge in [-0.25, -0.2) is 4.39 Å². The summed E-state index contributed by atoms with van der Waals surface area (Å²) in [6.07, 6.45) is 1.90. The highest BCUT2D eigenvalue weighted by Crippen LogP contribution is 2.25. The van der Waals surface area contributed by atoms with E-state index in [4.69, 9.17) is 4.74 Å². The van der Waals surface area contributed by atoms with Crippen LogP contribution in [-0.2, 0) is 18.2 Å². The lowest BCUT2D eigenvalue weighted by molar-refractivity contribution is -0.124. The molecule has 2 heterocycles. The topological polar surface area (TPSA) is 67.6 Å². The van der Waals surface area contributed by atoms with Crippen molar-refractivity contribution in [1.82, 2.24) is 14.7 Å². The van der Waals surface area contributed by atoms with E-state index in [1.54, 1.807) is 47.1 Å². The lowest BCUT2D eigenvalue weighted by Crippen LogP contribution is -2.57. The standard InChI is InChI=1S/C17H20FN3O3/c1-20-7-6-15(19-20)16(23)21-8-9-24-17(11-21,12-22)10-13-4-2-3-5-14(13)18/h2-7,22H,8-12H2,1H3. The second-order valence-electron chi connectivity index (χ2n) is 6.06. The maximum atomic E-state index is 13.9. The number of aryl methyl sites for hydroxylation is 1. The second-order valence-corrected chi connectivity index (χ2v) is 6.06. The molecular weight excluding hydrogens is 313 g/mol. The number of hydrogen-bond acceptors (Lipinski definition) is 4. The van der Waals surface area contributed by atoms with E-state index in [2.05, 4.69) is 5.10 Å². The van der Waals surface area contributed by atoms with Gasteiger partial charge in [-0.2, -0.15) is 5.10 Å². The molecule has 1 atom stereocenters. The molecule has 1 saturated heterocycles. The van der Waals surface area contributed by atoms with E-state index in [0.29, 0.717) is 17.8 Å². The number of morpholine rings is 1. The average molecular weight is 333 g/mol. The number of hydrogen-bond donors (Lipinski definition) is 1. The van der Waals surface area contributed by atoms with Gasteiger partial charge < -0.3 is 14.7 Å². The van der Waals surface area contributed by atoms with Crippen LogP contribution in [0, 0.1) is 5.82 Å². The maximum absolute atomic E-state index is 13.9. The normalized spacial score (nSPS) is 21.0. The predicted octanol–water partition coefficient (Wildman–Crippen LogP) is 1.01. The summed E-state index contributed by atoms with van der Waals surface area (Å²) in [7, 11) is 1.74. The molecule has 0 radical (unpaired) electrons. The summed E-state index contributed by atoms with van der Waals surface area (Å²) in [5.74, 6) is -0.563. The van der Waals surface area contributed by atoms with E-state index >= 15 is 0 Å². The van der Waals surface area contributed by atoms with Gasteiger partial charge in [0.25, 0.3) is 5.91 Å². The van der Waals surface area contributed by atoms with Gasteiger partial charge >= 0.3 is 0 Å². The number of aromatic nitrogens is 2. The van der Waals surface area contributed by atoms with Crippen LogP contribution in [0.4, 0.5) is 4.39 Å². The number of halogens is 1. The highest BCUT2D eigenvalue weighted by atomic mass is 19.1. The minimum atomic E-state index is -1.01. The zero-order valence-electron chi connectivity index (χ0n) is 13.5. The molecule has 0 aliphatic carbocycles. The lowest BCUT2D eigenvalue weighted by Gasteiger charge is -2.41. The molecule has 1 unspecified atom stereocenters. The molecule has 3 rings (SSSR count). The van der Waals surface area contributed by atoms with Gasteiger partial charge in [0.2, 0.25) is 0 Å². The SMILES string of the molecule is Cn1ccc(C(=O)N2CCOC(CO)(Cc3ccccc3F)C2)n1. The van der Waals surface area contributed by atoms with Crippen molar-refractivity contribution in [2.45, 2.75) is 12.0 Å². The molecule has 1 amide bonds. The van der Waals surface area contributed by atoms with Gasteiger partial charge in [-0.3, -0.25) is 9.48 Å². The van der Waals surface area contributed by atoms with Crippen molar-refractivity contribution in [2.24, 2.45) is 7.05 Å². The summed E-state index contributed by atoms with van der Waals surface area (Å²) in [5.41, 5.74) is -0.207. The van der Waals surface area contributed by atoms with E-state index in [1.165, 1.54) is 6.07 Å². The van der Waals surface area contributed by atoms with Crippen molar-refractivity contribution >= 4 is 5.91 Å². The third-order valence-corrected chi connectivity index (χ3v) is 4.23. The summed E-state index contributed by atoms with van der Waals surface area (Å²) in [6, 6.07) is 8.04. The quantitative estimate of drug-likeness (QED) is 0.907. The van der Waals surface area contributed by atoms with Crippen LogP contribution in [0.3, 0.4) is 0 Å². The highest BCUT2D eigenvalue weighted by Gasteiger charge is 2.39. The number of benzene rings is 1. The van der Waals surface area contributed by atoms with Crippen LogP contribution >= 0.6 is 0 Å². The molecule has 1 aromatic heterocycles.